The Morgan fingerprint density at radius 1 is 1.70 bits per heavy atom. The zero-order valence-electron chi connectivity index (χ0n) is 6.04. The van der Waals surface area contributed by atoms with Gasteiger partial charge in [0.1, 0.15) is 0 Å². The summed E-state index contributed by atoms with van der Waals surface area (Å²) < 4.78 is 4.65. The standard InChI is InChI=1S/C7H12O2S/c1-2-3-5-9-7(8)4-6-10/h3,5,10H,2,4,6H2,1H3. The van der Waals surface area contributed by atoms with Crippen molar-refractivity contribution in [1.29, 1.82) is 0 Å². The van der Waals surface area contributed by atoms with E-state index in [1.165, 1.54) is 6.26 Å². The molecule has 0 amide bonds. The summed E-state index contributed by atoms with van der Waals surface area (Å²) in [6.45, 7) is 1.98. The highest BCUT2D eigenvalue weighted by Gasteiger charge is 1.95. The third-order valence-corrected chi connectivity index (χ3v) is 1.07. The fraction of sp³-hybridized carbons (Fsp3) is 0.571. The number of carbonyl (C=O) groups is 1. The minimum atomic E-state index is -0.222. The summed E-state index contributed by atoms with van der Waals surface area (Å²) in [4.78, 5) is 10.6. The Morgan fingerprint density at radius 3 is 2.90 bits per heavy atom. The molecule has 0 bridgehead atoms. The van der Waals surface area contributed by atoms with Crippen molar-refractivity contribution in [1.82, 2.24) is 0 Å². The number of hydrogen-bond acceptors (Lipinski definition) is 3. The Bertz CT molecular complexity index is 121. The molecule has 0 N–H and O–H groups in total. The molecule has 0 fully saturated rings. The number of hydrogen-bond donors (Lipinski definition) is 1. The highest BCUT2D eigenvalue weighted by Crippen LogP contribution is 1.90. The summed E-state index contributed by atoms with van der Waals surface area (Å²) in [5.41, 5.74) is 0. The van der Waals surface area contributed by atoms with E-state index in [0.29, 0.717) is 12.2 Å². The van der Waals surface area contributed by atoms with E-state index in [4.69, 9.17) is 0 Å². The average molecular weight is 160 g/mol. The Balaban J connectivity index is 3.30. The van der Waals surface area contributed by atoms with Crippen LogP contribution in [-0.2, 0) is 9.53 Å². The quantitative estimate of drug-likeness (QED) is 0.385. The normalized spacial score (nSPS) is 10.2. The van der Waals surface area contributed by atoms with Gasteiger partial charge in [-0.1, -0.05) is 6.92 Å². The molecule has 0 atom stereocenters. The smallest absolute Gasteiger partial charge is 0.311 e. The van der Waals surface area contributed by atoms with E-state index in [1.54, 1.807) is 6.08 Å². The van der Waals surface area contributed by atoms with Crippen LogP contribution in [0.1, 0.15) is 19.8 Å². The molecule has 0 aliphatic heterocycles. The van der Waals surface area contributed by atoms with Crippen molar-refractivity contribution in [3.63, 3.8) is 0 Å². The zero-order chi connectivity index (χ0) is 7.82. The van der Waals surface area contributed by atoms with Crippen LogP contribution in [0.4, 0.5) is 0 Å². The van der Waals surface area contributed by atoms with Crippen LogP contribution in [0.3, 0.4) is 0 Å². The van der Waals surface area contributed by atoms with Gasteiger partial charge in [0, 0.05) is 5.75 Å². The molecule has 10 heavy (non-hydrogen) atoms. The van der Waals surface area contributed by atoms with Crippen LogP contribution in [0, 0.1) is 0 Å². The molecule has 0 aliphatic carbocycles. The van der Waals surface area contributed by atoms with Crippen LogP contribution >= 0.6 is 12.6 Å². The fourth-order valence-corrected chi connectivity index (χ4v) is 0.553. The van der Waals surface area contributed by atoms with E-state index < -0.39 is 0 Å². The molecule has 0 spiro atoms. The first kappa shape index (κ1) is 9.56. The zero-order valence-corrected chi connectivity index (χ0v) is 6.93. The topological polar surface area (TPSA) is 26.3 Å². The predicted molar refractivity (Wildman–Crippen MR) is 44.0 cm³/mol. The molecule has 0 aromatic rings. The van der Waals surface area contributed by atoms with Gasteiger partial charge < -0.3 is 4.74 Å². The molecule has 0 aliphatic rings. The predicted octanol–water partition coefficient (Wildman–Crippen LogP) is 1.77. The van der Waals surface area contributed by atoms with E-state index in [1.807, 2.05) is 6.92 Å². The van der Waals surface area contributed by atoms with Crippen LogP contribution < -0.4 is 0 Å². The van der Waals surface area contributed by atoms with Gasteiger partial charge >= 0.3 is 5.97 Å². The molecular formula is C7H12O2S. The number of carbonyl (C=O) groups excluding carboxylic acids is 1. The van der Waals surface area contributed by atoms with E-state index in [2.05, 4.69) is 17.4 Å². The van der Waals surface area contributed by atoms with Crippen molar-refractivity contribution in [2.75, 3.05) is 5.75 Å². The monoisotopic (exact) mass is 160 g/mol. The minimum Gasteiger partial charge on any atom is -0.435 e. The first-order valence-corrected chi connectivity index (χ1v) is 3.89. The molecule has 2 nitrogen and oxygen atoms in total. The second-order valence-electron chi connectivity index (χ2n) is 1.74. The second kappa shape index (κ2) is 6.68. The van der Waals surface area contributed by atoms with Crippen LogP contribution in [-0.4, -0.2) is 11.7 Å². The van der Waals surface area contributed by atoms with E-state index in [9.17, 15) is 4.79 Å². The van der Waals surface area contributed by atoms with Gasteiger partial charge in [-0.3, -0.25) is 4.79 Å². The molecule has 0 heterocycles. The molecule has 0 saturated heterocycles. The summed E-state index contributed by atoms with van der Waals surface area (Å²) >= 11 is 3.88. The molecule has 3 heteroatoms. The lowest BCUT2D eigenvalue weighted by Gasteiger charge is -1.93. The maximum absolute atomic E-state index is 10.6. The van der Waals surface area contributed by atoms with Crippen molar-refractivity contribution in [3.05, 3.63) is 12.3 Å². The summed E-state index contributed by atoms with van der Waals surface area (Å²) in [5.74, 6) is 0.318. The lowest BCUT2D eigenvalue weighted by molar-refractivity contribution is -0.137. The molecule has 0 radical (unpaired) electrons. The van der Waals surface area contributed by atoms with Crippen molar-refractivity contribution >= 4 is 18.6 Å². The average Bonchev–Trinajstić information content (AvgIpc) is 1.89. The Morgan fingerprint density at radius 2 is 2.40 bits per heavy atom. The molecule has 0 aromatic carbocycles. The van der Waals surface area contributed by atoms with E-state index >= 15 is 0 Å². The van der Waals surface area contributed by atoms with E-state index in [0.717, 1.165) is 6.42 Å². The maximum Gasteiger partial charge on any atom is 0.311 e. The van der Waals surface area contributed by atoms with Gasteiger partial charge in [0.15, 0.2) is 0 Å². The van der Waals surface area contributed by atoms with Crippen LogP contribution in [0.2, 0.25) is 0 Å². The number of thiol groups is 1. The van der Waals surface area contributed by atoms with Gasteiger partial charge in [0.25, 0.3) is 0 Å². The number of allylic oxidation sites excluding steroid dienone is 1. The van der Waals surface area contributed by atoms with E-state index in [-0.39, 0.29) is 5.97 Å². The van der Waals surface area contributed by atoms with Gasteiger partial charge in [-0.15, -0.1) is 0 Å². The molecule has 0 unspecified atom stereocenters. The van der Waals surface area contributed by atoms with Gasteiger partial charge in [-0.05, 0) is 12.5 Å². The van der Waals surface area contributed by atoms with Crippen LogP contribution in [0.15, 0.2) is 12.3 Å². The largest absolute Gasteiger partial charge is 0.435 e. The van der Waals surface area contributed by atoms with Crippen LogP contribution in [0.5, 0.6) is 0 Å². The van der Waals surface area contributed by atoms with Gasteiger partial charge in [0.05, 0.1) is 12.7 Å². The third-order valence-electron chi connectivity index (χ3n) is 0.847. The molecule has 0 aromatic heterocycles. The van der Waals surface area contributed by atoms with Crippen molar-refractivity contribution in [2.24, 2.45) is 0 Å². The summed E-state index contributed by atoms with van der Waals surface area (Å²) in [5, 5.41) is 0. The fourth-order valence-electron chi connectivity index (χ4n) is 0.370. The second-order valence-corrected chi connectivity index (χ2v) is 2.19. The van der Waals surface area contributed by atoms with Crippen LogP contribution in [0.25, 0.3) is 0 Å². The van der Waals surface area contributed by atoms with Gasteiger partial charge in [-0.2, -0.15) is 12.6 Å². The molecule has 0 rings (SSSR count). The highest BCUT2D eigenvalue weighted by atomic mass is 32.1. The maximum atomic E-state index is 10.6. The molecule has 0 saturated carbocycles. The van der Waals surface area contributed by atoms with Crippen molar-refractivity contribution in [2.45, 2.75) is 19.8 Å². The number of ether oxygens (including phenoxy) is 1. The number of esters is 1. The third kappa shape index (κ3) is 5.69. The van der Waals surface area contributed by atoms with Gasteiger partial charge in [-0.25, -0.2) is 0 Å². The Hall–Kier alpha value is -0.440. The highest BCUT2D eigenvalue weighted by molar-refractivity contribution is 7.80. The SMILES string of the molecule is CCC=COC(=O)CCS. The summed E-state index contributed by atoms with van der Waals surface area (Å²) in [6, 6.07) is 0. The van der Waals surface area contributed by atoms with Gasteiger partial charge in [0.2, 0.25) is 0 Å². The first-order valence-electron chi connectivity index (χ1n) is 3.26. The molecule has 58 valence electrons. The lowest BCUT2D eigenvalue weighted by atomic mass is 10.5. The Labute approximate surface area is 66.7 Å². The summed E-state index contributed by atoms with van der Waals surface area (Å²) in [7, 11) is 0. The van der Waals surface area contributed by atoms with Crippen molar-refractivity contribution in [3.8, 4) is 0 Å². The summed E-state index contributed by atoms with van der Waals surface area (Å²) in [6.07, 6.45) is 4.47. The minimum absolute atomic E-state index is 0.222. The molecular weight excluding hydrogens is 148 g/mol. The Kier molecular flexibility index (Phi) is 6.38. The van der Waals surface area contributed by atoms with Crippen molar-refractivity contribution < 1.29 is 9.53 Å². The first-order chi connectivity index (χ1) is 4.81. The number of rotatable bonds is 4. The lowest BCUT2D eigenvalue weighted by Crippen LogP contribution is -1.99.